The summed E-state index contributed by atoms with van der Waals surface area (Å²) in [5.41, 5.74) is 1.08. The van der Waals surface area contributed by atoms with Gasteiger partial charge in [-0.15, -0.1) is 0 Å². The van der Waals surface area contributed by atoms with E-state index >= 15 is 0 Å². The van der Waals surface area contributed by atoms with Crippen LogP contribution in [0.2, 0.25) is 0 Å². The third kappa shape index (κ3) is 3.30. The van der Waals surface area contributed by atoms with Crippen LogP contribution in [0.25, 0.3) is 22.1 Å². The van der Waals surface area contributed by atoms with Crippen LogP contribution in [0.4, 0.5) is 0 Å². The van der Waals surface area contributed by atoms with E-state index in [4.69, 9.17) is 4.42 Å². The molecule has 28 heavy (non-hydrogen) atoms. The summed E-state index contributed by atoms with van der Waals surface area (Å²) in [4.78, 5) is 31.7. The number of para-hydroxylation sites is 1. The topological polar surface area (TPSA) is 80.4 Å². The van der Waals surface area contributed by atoms with Gasteiger partial charge in [-0.25, -0.2) is 4.98 Å². The van der Waals surface area contributed by atoms with Gasteiger partial charge in [0.25, 0.3) is 5.56 Å². The van der Waals surface area contributed by atoms with Crippen molar-refractivity contribution in [3.05, 3.63) is 40.9 Å². The summed E-state index contributed by atoms with van der Waals surface area (Å²) in [6.45, 7) is 2.57. The van der Waals surface area contributed by atoms with Crippen molar-refractivity contribution in [2.24, 2.45) is 5.92 Å². The first kappa shape index (κ1) is 17.4. The lowest BCUT2D eigenvalue weighted by Gasteiger charge is -2.32. The number of fused-ring (bicyclic) bond motifs is 3. The van der Waals surface area contributed by atoms with E-state index in [9.17, 15) is 9.59 Å². The molecule has 0 unspecified atom stereocenters. The number of furan rings is 1. The maximum Gasteiger partial charge on any atom is 0.297 e. The van der Waals surface area contributed by atoms with Gasteiger partial charge < -0.3 is 14.6 Å². The lowest BCUT2D eigenvalue weighted by molar-refractivity contribution is -0.133. The number of nitrogens with zero attached hydrogens (tertiary/aromatic N) is 3. The van der Waals surface area contributed by atoms with Crippen molar-refractivity contribution in [1.29, 1.82) is 0 Å². The minimum absolute atomic E-state index is 0.00100. The Morgan fingerprint density at radius 1 is 1.18 bits per heavy atom. The number of aromatic nitrogens is 2. The first-order chi connectivity index (χ1) is 13.7. The Morgan fingerprint density at radius 2 is 1.96 bits per heavy atom. The largest absolute Gasteiger partial charge is 0.448 e. The molecule has 1 aliphatic carbocycles. The van der Waals surface area contributed by atoms with Crippen molar-refractivity contribution >= 4 is 28.0 Å². The van der Waals surface area contributed by atoms with Crippen LogP contribution in [0, 0.1) is 5.92 Å². The minimum atomic E-state index is -0.310. The Morgan fingerprint density at radius 3 is 2.75 bits per heavy atom. The van der Waals surface area contributed by atoms with Crippen LogP contribution < -0.4 is 10.9 Å². The molecule has 0 radical (unpaired) electrons. The highest BCUT2D eigenvalue weighted by atomic mass is 16.3. The fourth-order valence-corrected chi connectivity index (χ4v) is 3.96. The molecular weight excluding hydrogens is 356 g/mol. The molecule has 0 atom stereocenters. The van der Waals surface area contributed by atoms with E-state index in [2.05, 4.69) is 10.3 Å². The average Bonchev–Trinajstić information content (AvgIpc) is 3.48. The molecule has 2 fully saturated rings. The second-order valence-electron chi connectivity index (χ2n) is 7.96. The van der Waals surface area contributed by atoms with Crippen LogP contribution in [0.5, 0.6) is 0 Å². The van der Waals surface area contributed by atoms with E-state index in [1.165, 1.54) is 23.7 Å². The standard InChI is InChI=1S/C21H24N4O3/c26-18(24-9-7-15(8-10-24)22-11-14-5-6-14)12-25-13-23-19-16-3-1-2-4-17(16)28-20(19)21(25)27/h1-4,13-15,22H,5-12H2. The molecule has 3 heterocycles. The van der Waals surface area contributed by atoms with Gasteiger partial charge in [0, 0.05) is 24.5 Å². The lowest BCUT2D eigenvalue weighted by Crippen LogP contribution is -2.46. The van der Waals surface area contributed by atoms with Crippen molar-refractivity contribution in [1.82, 2.24) is 19.8 Å². The molecule has 0 spiro atoms. The van der Waals surface area contributed by atoms with Crippen LogP contribution in [-0.2, 0) is 11.3 Å². The number of piperidine rings is 1. The van der Waals surface area contributed by atoms with Gasteiger partial charge in [0.2, 0.25) is 11.5 Å². The molecule has 1 N–H and O–H groups in total. The number of carbonyl (C=O) groups excluding carboxylic acids is 1. The van der Waals surface area contributed by atoms with Crippen LogP contribution in [0.1, 0.15) is 25.7 Å². The Kier molecular flexibility index (Phi) is 4.39. The third-order valence-electron chi connectivity index (χ3n) is 5.90. The zero-order valence-corrected chi connectivity index (χ0v) is 15.8. The van der Waals surface area contributed by atoms with Gasteiger partial charge >= 0.3 is 0 Å². The van der Waals surface area contributed by atoms with Crippen molar-refractivity contribution in [3.63, 3.8) is 0 Å². The minimum Gasteiger partial charge on any atom is -0.448 e. The van der Waals surface area contributed by atoms with Gasteiger partial charge in [-0.2, -0.15) is 0 Å². The van der Waals surface area contributed by atoms with Crippen LogP contribution in [0.15, 0.2) is 39.8 Å². The molecule has 1 aliphatic heterocycles. The average molecular weight is 380 g/mol. The molecule has 0 bridgehead atoms. The first-order valence-corrected chi connectivity index (χ1v) is 10.1. The van der Waals surface area contributed by atoms with Crippen LogP contribution in [-0.4, -0.2) is 46.0 Å². The zero-order valence-electron chi connectivity index (χ0n) is 15.8. The second-order valence-corrected chi connectivity index (χ2v) is 7.96. The summed E-state index contributed by atoms with van der Waals surface area (Å²) in [6, 6.07) is 7.94. The fraction of sp³-hybridized carbons (Fsp3) is 0.476. The van der Waals surface area contributed by atoms with Crippen molar-refractivity contribution in [2.45, 2.75) is 38.3 Å². The summed E-state index contributed by atoms with van der Waals surface area (Å²) in [5.74, 6) is 0.826. The van der Waals surface area contributed by atoms with E-state index in [0.29, 0.717) is 17.1 Å². The molecule has 2 aliphatic rings. The van der Waals surface area contributed by atoms with Gasteiger partial charge in [0.1, 0.15) is 17.6 Å². The molecule has 1 aromatic carbocycles. The van der Waals surface area contributed by atoms with E-state index in [1.54, 1.807) is 0 Å². The molecule has 3 aromatic rings. The number of likely N-dealkylation sites (tertiary alicyclic amines) is 1. The fourth-order valence-electron chi connectivity index (χ4n) is 3.96. The summed E-state index contributed by atoms with van der Waals surface area (Å²) >= 11 is 0. The van der Waals surface area contributed by atoms with Gasteiger partial charge in [-0.05, 0) is 50.3 Å². The van der Waals surface area contributed by atoms with Crippen LogP contribution in [0.3, 0.4) is 0 Å². The van der Waals surface area contributed by atoms with Gasteiger partial charge in [-0.1, -0.05) is 12.1 Å². The normalized spacial score (nSPS) is 18.2. The summed E-state index contributed by atoms with van der Waals surface area (Å²) in [5, 5.41) is 4.43. The Labute approximate surface area is 162 Å². The molecule has 7 heteroatoms. The number of hydrogen-bond acceptors (Lipinski definition) is 5. The maximum atomic E-state index is 12.8. The SMILES string of the molecule is O=C(Cn1cnc2c(oc3ccccc32)c1=O)N1CCC(NCC2CC2)CC1. The number of carbonyl (C=O) groups is 1. The number of amides is 1. The third-order valence-corrected chi connectivity index (χ3v) is 5.90. The van der Waals surface area contributed by atoms with Gasteiger partial charge in [0.15, 0.2) is 0 Å². The molecule has 7 nitrogen and oxygen atoms in total. The Hall–Kier alpha value is -2.67. The summed E-state index contributed by atoms with van der Waals surface area (Å²) < 4.78 is 7.04. The van der Waals surface area contributed by atoms with Gasteiger partial charge in [-0.3, -0.25) is 14.2 Å². The molecule has 5 rings (SSSR count). The molecular formula is C21H24N4O3. The Balaban J connectivity index is 1.27. The second kappa shape index (κ2) is 7.05. The predicted octanol–water partition coefficient (Wildman–Crippen LogP) is 2.13. The van der Waals surface area contributed by atoms with Crippen molar-refractivity contribution < 1.29 is 9.21 Å². The highest BCUT2D eigenvalue weighted by Crippen LogP contribution is 2.28. The van der Waals surface area contributed by atoms with E-state index in [1.807, 2.05) is 29.2 Å². The summed E-state index contributed by atoms with van der Waals surface area (Å²) in [7, 11) is 0. The van der Waals surface area contributed by atoms with Crippen LogP contribution >= 0.6 is 0 Å². The monoisotopic (exact) mass is 380 g/mol. The van der Waals surface area contributed by atoms with Gasteiger partial charge in [0.05, 0.1) is 6.33 Å². The number of benzene rings is 1. The highest BCUT2D eigenvalue weighted by Gasteiger charge is 2.26. The van der Waals surface area contributed by atoms with E-state index in [-0.39, 0.29) is 23.6 Å². The highest BCUT2D eigenvalue weighted by molar-refractivity contribution is 6.01. The van der Waals surface area contributed by atoms with E-state index < -0.39 is 0 Å². The quantitative estimate of drug-likeness (QED) is 0.733. The number of rotatable bonds is 5. The number of hydrogen-bond donors (Lipinski definition) is 1. The first-order valence-electron chi connectivity index (χ1n) is 10.1. The predicted molar refractivity (Wildman–Crippen MR) is 106 cm³/mol. The summed E-state index contributed by atoms with van der Waals surface area (Å²) in [6.07, 6.45) is 6.09. The molecule has 146 valence electrons. The van der Waals surface area contributed by atoms with Crippen molar-refractivity contribution in [3.8, 4) is 0 Å². The van der Waals surface area contributed by atoms with Crippen molar-refractivity contribution in [2.75, 3.05) is 19.6 Å². The molecule has 2 aromatic heterocycles. The maximum absolute atomic E-state index is 12.8. The molecule has 1 saturated heterocycles. The molecule has 1 saturated carbocycles. The Bertz CT molecular complexity index is 1070. The molecule has 1 amide bonds. The number of nitrogens with one attached hydrogen (secondary N) is 1. The zero-order chi connectivity index (χ0) is 19.1. The van der Waals surface area contributed by atoms with E-state index in [0.717, 1.165) is 43.8 Å². The smallest absolute Gasteiger partial charge is 0.297 e. The lowest BCUT2D eigenvalue weighted by atomic mass is 10.0.